The van der Waals surface area contributed by atoms with Crippen molar-refractivity contribution in [2.24, 2.45) is 22.9 Å². The fourth-order valence-electron chi connectivity index (χ4n) is 3.80. The number of rotatable bonds is 3. The summed E-state index contributed by atoms with van der Waals surface area (Å²) in [5.41, 5.74) is -1.50. The lowest BCUT2D eigenvalue weighted by molar-refractivity contribution is -0.00472. The maximum absolute atomic E-state index is 11.8. The Kier molecular flexibility index (Phi) is 4.52. The van der Waals surface area contributed by atoms with Crippen molar-refractivity contribution in [2.75, 3.05) is 6.54 Å². The Morgan fingerprint density at radius 3 is 2.61 bits per heavy atom. The Morgan fingerprint density at radius 1 is 1.35 bits per heavy atom. The maximum atomic E-state index is 11.8. The molecule has 0 bridgehead atoms. The smallest absolute Gasteiger partial charge is 0.330 e. The molecular weight excluding hydrogens is 298 g/mol. The Bertz CT molecular complexity index is 732. The molecule has 1 fully saturated rings. The number of aliphatic hydroxyl groups excluding tert-OH is 1. The van der Waals surface area contributed by atoms with E-state index in [1.165, 1.54) is 13.3 Å². The van der Waals surface area contributed by atoms with Crippen LogP contribution in [0.25, 0.3) is 0 Å². The first kappa shape index (κ1) is 17.5. The van der Waals surface area contributed by atoms with Crippen LogP contribution < -0.4 is 11.2 Å². The largest absolute Gasteiger partial charge is 0.494 e. The Labute approximate surface area is 134 Å². The van der Waals surface area contributed by atoms with Crippen LogP contribution in [0, 0.1) is 10.8 Å². The molecule has 2 rings (SSSR count). The first-order valence-electron chi connectivity index (χ1n) is 7.73. The van der Waals surface area contributed by atoms with Gasteiger partial charge in [-0.1, -0.05) is 20.8 Å². The van der Waals surface area contributed by atoms with E-state index < -0.39 is 17.1 Å². The first-order chi connectivity index (χ1) is 10.5. The first-order valence-corrected chi connectivity index (χ1v) is 7.73. The average Bonchev–Trinajstić information content (AvgIpc) is 2.37. The van der Waals surface area contributed by atoms with Crippen molar-refractivity contribution in [1.29, 1.82) is 0 Å². The zero-order valence-corrected chi connectivity index (χ0v) is 14.1. The molecular formula is C16H25N3O4. The molecule has 0 radical (unpaired) electrons. The summed E-state index contributed by atoms with van der Waals surface area (Å²) < 4.78 is 0.956. The quantitative estimate of drug-likeness (QED) is 0.714. The van der Waals surface area contributed by atoms with Gasteiger partial charge in [-0.3, -0.25) is 19.3 Å². The van der Waals surface area contributed by atoms with Gasteiger partial charge in [0.2, 0.25) is 5.88 Å². The van der Waals surface area contributed by atoms with Crippen LogP contribution in [-0.4, -0.2) is 38.6 Å². The van der Waals surface area contributed by atoms with Crippen LogP contribution in [0.5, 0.6) is 5.88 Å². The molecule has 3 N–H and O–H groups in total. The van der Waals surface area contributed by atoms with E-state index in [4.69, 9.17) is 0 Å². The number of hydrogen-bond donors (Lipinski definition) is 3. The lowest BCUT2D eigenvalue weighted by atomic mass is 9.63. The summed E-state index contributed by atoms with van der Waals surface area (Å²) in [6.45, 7) is 6.76. The molecule has 2 atom stereocenters. The van der Waals surface area contributed by atoms with Gasteiger partial charge in [0, 0.05) is 19.8 Å². The summed E-state index contributed by atoms with van der Waals surface area (Å²) in [6, 6.07) is 0. The van der Waals surface area contributed by atoms with Crippen LogP contribution in [0.2, 0.25) is 0 Å². The Hall–Kier alpha value is -1.89. The normalized spacial score (nSPS) is 27.4. The van der Waals surface area contributed by atoms with Gasteiger partial charge in [0.15, 0.2) is 0 Å². The Balaban J connectivity index is 2.21. The lowest BCUT2D eigenvalue weighted by Gasteiger charge is -2.44. The van der Waals surface area contributed by atoms with Crippen LogP contribution in [0.4, 0.5) is 0 Å². The fourth-order valence-corrected chi connectivity index (χ4v) is 3.80. The predicted molar refractivity (Wildman–Crippen MR) is 88.2 cm³/mol. The van der Waals surface area contributed by atoms with Crippen LogP contribution in [-0.2, 0) is 7.05 Å². The highest BCUT2D eigenvalue weighted by atomic mass is 16.3. The molecule has 0 unspecified atom stereocenters. The minimum atomic E-state index is -0.672. The SMILES string of the molecule is Cn1c(O)c(C=NC[C@@]2(C)C[C@H](O)CC(C)(C)C2)c(=O)[nH]c1=O. The number of aromatic amines is 1. The number of aromatic nitrogens is 2. The highest BCUT2D eigenvalue weighted by Gasteiger charge is 2.40. The van der Waals surface area contributed by atoms with Crippen molar-refractivity contribution < 1.29 is 10.2 Å². The van der Waals surface area contributed by atoms with Crippen molar-refractivity contribution >= 4 is 6.21 Å². The summed E-state index contributed by atoms with van der Waals surface area (Å²) in [5.74, 6) is -0.406. The molecule has 7 nitrogen and oxygen atoms in total. The summed E-state index contributed by atoms with van der Waals surface area (Å²) >= 11 is 0. The van der Waals surface area contributed by atoms with Crippen LogP contribution >= 0.6 is 0 Å². The van der Waals surface area contributed by atoms with E-state index >= 15 is 0 Å². The summed E-state index contributed by atoms with van der Waals surface area (Å²) in [4.78, 5) is 29.6. The van der Waals surface area contributed by atoms with Gasteiger partial charge in [-0.25, -0.2) is 4.79 Å². The van der Waals surface area contributed by atoms with E-state index in [-0.39, 0.29) is 22.5 Å². The second kappa shape index (κ2) is 5.96. The van der Waals surface area contributed by atoms with Gasteiger partial charge in [-0.2, -0.15) is 0 Å². The van der Waals surface area contributed by atoms with E-state index in [9.17, 15) is 19.8 Å². The topological polar surface area (TPSA) is 108 Å². The van der Waals surface area contributed by atoms with Crippen LogP contribution in [0.15, 0.2) is 14.6 Å². The third kappa shape index (κ3) is 3.90. The highest BCUT2D eigenvalue weighted by molar-refractivity contribution is 5.81. The molecule has 0 saturated heterocycles. The summed E-state index contributed by atoms with van der Waals surface area (Å²) in [7, 11) is 1.37. The molecule has 1 aromatic heterocycles. The standard InChI is InChI=1S/C16H25N3O4/c1-15(2)5-10(20)6-16(3,8-15)9-17-7-11-12(21)18-14(23)19(4)13(11)22/h7,10,20,22H,5-6,8-9H2,1-4H3,(H,18,21,23)/t10-,16+/m1/s1. The van der Waals surface area contributed by atoms with Crippen molar-refractivity contribution in [3.05, 3.63) is 26.4 Å². The molecule has 23 heavy (non-hydrogen) atoms. The van der Waals surface area contributed by atoms with E-state index in [1.54, 1.807) is 0 Å². The zero-order chi connectivity index (χ0) is 17.4. The zero-order valence-electron chi connectivity index (χ0n) is 14.1. The lowest BCUT2D eigenvalue weighted by Crippen LogP contribution is -2.40. The number of aliphatic hydroxyl groups is 1. The molecule has 7 heteroatoms. The molecule has 1 aliphatic carbocycles. The van der Waals surface area contributed by atoms with Gasteiger partial charge in [-0.15, -0.1) is 0 Å². The van der Waals surface area contributed by atoms with Gasteiger partial charge in [0.25, 0.3) is 5.56 Å². The van der Waals surface area contributed by atoms with Crippen molar-refractivity contribution in [2.45, 2.75) is 46.1 Å². The average molecular weight is 323 g/mol. The number of aromatic hydroxyl groups is 1. The number of hydrogen-bond acceptors (Lipinski definition) is 5. The molecule has 1 saturated carbocycles. The second-order valence-corrected chi connectivity index (χ2v) is 7.74. The molecule has 0 aliphatic heterocycles. The Morgan fingerprint density at radius 2 is 2.00 bits per heavy atom. The minimum Gasteiger partial charge on any atom is -0.494 e. The minimum absolute atomic E-state index is 0.0358. The van der Waals surface area contributed by atoms with Gasteiger partial charge >= 0.3 is 5.69 Å². The molecule has 1 aliphatic rings. The van der Waals surface area contributed by atoms with Gasteiger partial charge in [0.1, 0.15) is 5.56 Å². The highest BCUT2D eigenvalue weighted by Crippen LogP contribution is 2.46. The van der Waals surface area contributed by atoms with Crippen molar-refractivity contribution in [3.8, 4) is 5.88 Å². The number of nitrogens with one attached hydrogen (secondary N) is 1. The van der Waals surface area contributed by atoms with E-state index in [0.29, 0.717) is 13.0 Å². The van der Waals surface area contributed by atoms with Crippen LogP contribution in [0.3, 0.4) is 0 Å². The van der Waals surface area contributed by atoms with E-state index in [1.807, 2.05) is 0 Å². The third-order valence-corrected chi connectivity index (χ3v) is 4.44. The van der Waals surface area contributed by atoms with E-state index in [0.717, 1.165) is 17.4 Å². The predicted octanol–water partition coefficient (Wildman–Crippen LogP) is 0.775. The molecule has 0 aromatic carbocycles. The van der Waals surface area contributed by atoms with Gasteiger partial charge in [-0.05, 0) is 30.1 Å². The van der Waals surface area contributed by atoms with Gasteiger partial charge in [0.05, 0.1) is 6.10 Å². The summed E-state index contributed by atoms with van der Waals surface area (Å²) in [6.07, 6.45) is 3.29. The molecule has 1 heterocycles. The molecule has 0 spiro atoms. The maximum Gasteiger partial charge on any atom is 0.330 e. The molecule has 0 amide bonds. The summed E-state index contributed by atoms with van der Waals surface area (Å²) in [5, 5.41) is 20.0. The third-order valence-electron chi connectivity index (χ3n) is 4.44. The molecule has 128 valence electrons. The van der Waals surface area contributed by atoms with Crippen molar-refractivity contribution in [3.63, 3.8) is 0 Å². The number of H-pyrrole nitrogens is 1. The number of nitrogens with zero attached hydrogens (tertiary/aromatic N) is 2. The van der Waals surface area contributed by atoms with Crippen LogP contribution in [0.1, 0.15) is 45.6 Å². The molecule has 1 aromatic rings. The van der Waals surface area contributed by atoms with Crippen molar-refractivity contribution in [1.82, 2.24) is 9.55 Å². The monoisotopic (exact) mass is 323 g/mol. The van der Waals surface area contributed by atoms with E-state index in [2.05, 4.69) is 30.7 Å². The number of aliphatic imine (C=N–C) groups is 1. The second-order valence-electron chi connectivity index (χ2n) is 7.74. The van der Waals surface area contributed by atoms with Gasteiger partial charge < -0.3 is 10.2 Å². The fraction of sp³-hybridized carbons (Fsp3) is 0.688.